The van der Waals surface area contributed by atoms with E-state index < -0.39 is 0 Å². The average Bonchev–Trinajstić information content (AvgIpc) is 2.51. The molecule has 1 saturated carbocycles. The third-order valence-electron chi connectivity index (χ3n) is 5.02. The number of nitrogens with zero attached hydrogens (tertiary/aromatic N) is 1. The van der Waals surface area contributed by atoms with Crippen LogP contribution in [-0.4, -0.2) is 37.2 Å². The minimum Gasteiger partial charge on any atom is -0.496 e. The Morgan fingerprint density at radius 1 is 1.19 bits per heavy atom. The van der Waals surface area contributed by atoms with Crippen LogP contribution in [0.25, 0.3) is 0 Å². The summed E-state index contributed by atoms with van der Waals surface area (Å²) in [5.74, 6) is 1.02. The number of ether oxygens (including phenoxy) is 1. The van der Waals surface area contributed by atoms with Gasteiger partial charge in [-0.05, 0) is 18.9 Å². The van der Waals surface area contributed by atoms with Crippen LogP contribution in [0.4, 0.5) is 0 Å². The number of nitrogens with one attached hydrogen (secondary N) is 1. The van der Waals surface area contributed by atoms with Gasteiger partial charge in [-0.3, -0.25) is 4.90 Å². The number of halogens is 1. The Balaban J connectivity index is 0.00000161. The lowest BCUT2D eigenvalue weighted by Gasteiger charge is -2.50. The standard InChI is InChI=1S/C17H26N2O.ClH/c1-20-16-8-4-3-7-15(16)13-19-12-11-18-14-17(19)9-5-2-6-10-17;/h3-4,7-8,18H,2,5-6,9-14H2,1H3;1H. The lowest BCUT2D eigenvalue weighted by molar-refractivity contribution is 0.0204. The van der Waals surface area contributed by atoms with Gasteiger partial charge in [0.25, 0.3) is 0 Å². The molecule has 2 aliphatic rings. The van der Waals surface area contributed by atoms with Gasteiger partial charge >= 0.3 is 0 Å². The monoisotopic (exact) mass is 310 g/mol. The summed E-state index contributed by atoms with van der Waals surface area (Å²) in [6, 6.07) is 8.45. The predicted octanol–water partition coefficient (Wildman–Crippen LogP) is 3.23. The van der Waals surface area contributed by atoms with E-state index in [1.165, 1.54) is 37.7 Å². The fourth-order valence-corrected chi connectivity index (χ4v) is 3.87. The van der Waals surface area contributed by atoms with Crippen LogP contribution in [0.15, 0.2) is 24.3 Å². The van der Waals surface area contributed by atoms with Crippen molar-refractivity contribution in [2.45, 2.75) is 44.2 Å². The van der Waals surface area contributed by atoms with Gasteiger partial charge in [0.05, 0.1) is 7.11 Å². The van der Waals surface area contributed by atoms with E-state index in [4.69, 9.17) is 4.74 Å². The van der Waals surface area contributed by atoms with Crippen molar-refractivity contribution >= 4 is 12.4 Å². The van der Waals surface area contributed by atoms with E-state index >= 15 is 0 Å². The molecule has 1 heterocycles. The maximum atomic E-state index is 5.52. The molecule has 0 aromatic heterocycles. The molecule has 0 atom stereocenters. The molecule has 1 saturated heterocycles. The molecular weight excluding hydrogens is 284 g/mol. The van der Waals surface area contributed by atoms with Crippen LogP contribution in [-0.2, 0) is 6.54 Å². The van der Waals surface area contributed by atoms with Crippen LogP contribution < -0.4 is 10.1 Å². The van der Waals surface area contributed by atoms with Gasteiger partial charge in [0.1, 0.15) is 5.75 Å². The number of benzene rings is 1. The molecule has 1 aromatic carbocycles. The number of para-hydroxylation sites is 1. The van der Waals surface area contributed by atoms with E-state index in [2.05, 4.69) is 34.5 Å². The number of hydrogen-bond donors (Lipinski definition) is 1. The molecule has 1 aromatic rings. The Morgan fingerprint density at radius 2 is 1.95 bits per heavy atom. The van der Waals surface area contributed by atoms with Gasteiger partial charge in [-0.25, -0.2) is 0 Å². The highest BCUT2D eigenvalue weighted by Crippen LogP contribution is 2.36. The van der Waals surface area contributed by atoms with Crippen LogP contribution in [0.1, 0.15) is 37.7 Å². The molecule has 2 fully saturated rings. The minimum atomic E-state index is 0. The van der Waals surface area contributed by atoms with Crippen LogP contribution in [0.2, 0.25) is 0 Å². The Bertz CT molecular complexity index is 438. The first-order chi connectivity index (χ1) is 9.84. The van der Waals surface area contributed by atoms with Gasteiger partial charge in [0, 0.05) is 37.3 Å². The predicted molar refractivity (Wildman–Crippen MR) is 89.3 cm³/mol. The number of rotatable bonds is 3. The zero-order chi connectivity index (χ0) is 13.8. The summed E-state index contributed by atoms with van der Waals surface area (Å²) >= 11 is 0. The van der Waals surface area contributed by atoms with Gasteiger partial charge < -0.3 is 10.1 Å². The molecule has 3 nitrogen and oxygen atoms in total. The van der Waals surface area contributed by atoms with Crippen molar-refractivity contribution in [3.8, 4) is 5.75 Å². The van der Waals surface area contributed by atoms with Gasteiger partial charge in [-0.2, -0.15) is 0 Å². The summed E-state index contributed by atoms with van der Waals surface area (Å²) in [6.07, 6.45) is 6.85. The van der Waals surface area contributed by atoms with E-state index in [0.29, 0.717) is 5.54 Å². The molecule has 4 heteroatoms. The Kier molecular flexibility index (Phi) is 5.91. The summed E-state index contributed by atoms with van der Waals surface area (Å²) in [5, 5.41) is 3.62. The Labute approximate surface area is 134 Å². The van der Waals surface area contributed by atoms with Gasteiger partial charge in [-0.15, -0.1) is 12.4 Å². The summed E-state index contributed by atoms with van der Waals surface area (Å²) in [5.41, 5.74) is 1.71. The van der Waals surface area contributed by atoms with Crippen molar-refractivity contribution in [3.63, 3.8) is 0 Å². The average molecular weight is 311 g/mol. The van der Waals surface area contributed by atoms with E-state index in [0.717, 1.165) is 31.9 Å². The van der Waals surface area contributed by atoms with Crippen molar-refractivity contribution in [2.75, 3.05) is 26.7 Å². The molecule has 0 radical (unpaired) electrons. The van der Waals surface area contributed by atoms with Crippen molar-refractivity contribution in [1.29, 1.82) is 0 Å². The van der Waals surface area contributed by atoms with E-state index in [-0.39, 0.29) is 12.4 Å². The van der Waals surface area contributed by atoms with E-state index in [1.54, 1.807) is 7.11 Å². The van der Waals surface area contributed by atoms with Crippen LogP contribution in [0.3, 0.4) is 0 Å². The molecule has 1 aliphatic heterocycles. The lowest BCUT2D eigenvalue weighted by atomic mass is 9.79. The first-order valence-electron chi connectivity index (χ1n) is 7.92. The van der Waals surface area contributed by atoms with Crippen molar-refractivity contribution < 1.29 is 4.74 Å². The number of hydrogen-bond acceptors (Lipinski definition) is 3. The lowest BCUT2D eigenvalue weighted by Crippen LogP contribution is -2.61. The third kappa shape index (κ3) is 3.53. The smallest absolute Gasteiger partial charge is 0.123 e. The topological polar surface area (TPSA) is 24.5 Å². The highest BCUT2D eigenvalue weighted by Gasteiger charge is 2.39. The molecule has 1 aliphatic carbocycles. The van der Waals surface area contributed by atoms with Crippen LogP contribution in [0, 0.1) is 0 Å². The largest absolute Gasteiger partial charge is 0.496 e. The molecule has 21 heavy (non-hydrogen) atoms. The zero-order valence-electron chi connectivity index (χ0n) is 12.9. The van der Waals surface area contributed by atoms with Crippen LogP contribution in [0.5, 0.6) is 5.75 Å². The molecule has 1 N–H and O–H groups in total. The van der Waals surface area contributed by atoms with E-state index in [1.807, 2.05) is 0 Å². The fraction of sp³-hybridized carbons (Fsp3) is 0.647. The first-order valence-corrected chi connectivity index (χ1v) is 7.92. The summed E-state index contributed by atoms with van der Waals surface area (Å²) < 4.78 is 5.52. The first kappa shape index (κ1) is 16.6. The second kappa shape index (κ2) is 7.48. The second-order valence-corrected chi connectivity index (χ2v) is 6.20. The molecular formula is C17H27ClN2O. The highest BCUT2D eigenvalue weighted by molar-refractivity contribution is 5.85. The fourth-order valence-electron chi connectivity index (χ4n) is 3.87. The molecule has 0 bridgehead atoms. The van der Waals surface area contributed by atoms with Gasteiger partial charge in [0.15, 0.2) is 0 Å². The van der Waals surface area contributed by atoms with Gasteiger partial charge in [0.2, 0.25) is 0 Å². The van der Waals surface area contributed by atoms with Crippen molar-refractivity contribution in [2.24, 2.45) is 0 Å². The normalized spacial score (nSPS) is 21.8. The molecule has 3 rings (SSSR count). The minimum absolute atomic E-state index is 0. The zero-order valence-corrected chi connectivity index (χ0v) is 13.8. The van der Waals surface area contributed by atoms with Crippen molar-refractivity contribution in [3.05, 3.63) is 29.8 Å². The summed E-state index contributed by atoms with van der Waals surface area (Å²) in [4.78, 5) is 2.71. The Morgan fingerprint density at radius 3 is 2.71 bits per heavy atom. The second-order valence-electron chi connectivity index (χ2n) is 6.20. The molecule has 1 spiro atoms. The SMILES string of the molecule is COc1ccccc1CN1CCNCC12CCCCC2.Cl. The van der Waals surface area contributed by atoms with Gasteiger partial charge in [-0.1, -0.05) is 37.5 Å². The third-order valence-corrected chi connectivity index (χ3v) is 5.02. The quantitative estimate of drug-likeness (QED) is 0.927. The van der Waals surface area contributed by atoms with Crippen molar-refractivity contribution in [1.82, 2.24) is 10.2 Å². The maximum Gasteiger partial charge on any atom is 0.123 e. The molecule has 0 amide bonds. The highest BCUT2D eigenvalue weighted by atomic mass is 35.5. The summed E-state index contributed by atoms with van der Waals surface area (Å²) in [7, 11) is 1.77. The molecule has 118 valence electrons. The molecule has 0 unspecified atom stereocenters. The van der Waals surface area contributed by atoms with E-state index in [9.17, 15) is 0 Å². The number of methoxy groups -OCH3 is 1. The summed E-state index contributed by atoms with van der Waals surface area (Å²) in [6.45, 7) is 4.43. The van der Waals surface area contributed by atoms with Crippen LogP contribution >= 0.6 is 12.4 Å². The maximum absolute atomic E-state index is 5.52. The number of piperazine rings is 1. The Hall–Kier alpha value is -0.770.